The first kappa shape index (κ1) is 28.8. The molecule has 0 bridgehead atoms. The van der Waals surface area contributed by atoms with Crippen molar-refractivity contribution in [3.8, 4) is 11.4 Å². The van der Waals surface area contributed by atoms with Crippen molar-refractivity contribution in [3.05, 3.63) is 107 Å². The molecule has 0 spiro atoms. The van der Waals surface area contributed by atoms with Crippen LogP contribution in [0.15, 0.2) is 85.0 Å². The van der Waals surface area contributed by atoms with Gasteiger partial charge >= 0.3 is 0 Å². The number of allylic oxidation sites excluding steroid dienone is 3. The van der Waals surface area contributed by atoms with Crippen LogP contribution in [-0.4, -0.2) is 21.5 Å². The van der Waals surface area contributed by atoms with Crippen LogP contribution >= 0.6 is 0 Å². The molecule has 8 rings (SSSR count). The molecular formula is C41H48N4. The standard InChI is InChI=1S/C41H48N4/c1-4-13-30(14-5-1)34-25-36(31-15-6-2-7-16-31)41(37(26-34)32-17-8-3-9-18-32)44-28-35-19-12-21-40(45(35)29-44)33-22-23-39(43-27-33)38-20-10-11-24-42-38/h10-12,19-28,30-32H,1-9,13-18,29H2. The summed E-state index contributed by atoms with van der Waals surface area (Å²) in [6.07, 6.45) is 33.7. The van der Waals surface area contributed by atoms with Gasteiger partial charge in [-0.3, -0.25) is 9.97 Å². The van der Waals surface area contributed by atoms with Gasteiger partial charge in [-0.15, -0.1) is 0 Å². The monoisotopic (exact) mass is 596 g/mol. The summed E-state index contributed by atoms with van der Waals surface area (Å²) in [5, 5.41) is 0. The molecule has 2 aliphatic heterocycles. The second-order valence-electron chi connectivity index (χ2n) is 14.2. The number of nitrogens with zero attached hydrogens (tertiary/aromatic N) is 4. The third-order valence-corrected chi connectivity index (χ3v) is 11.3. The minimum atomic E-state index is 0.685. The van der Waals surface area contributed by atoms with Gasteiger partial charge in [0.15, 0.2) is 0 Å². The lowest BCUT2D eigenvalue weighted by Gasteiger charge is -2.36. The Morgan fingerprint density at radius 1 is 0.644 bits per heavy atom. The SMILES string of the molecule is C1=CC2=CN(c3c(C4CCCCC4)cc(C4CCCCC4)cc3C3CCCCC3)CN2C(c2ccc(-c3ccccn3)nc2)=C1. The van der Waals surface area contributed by atoms with Crippen LogP contribution in [0.3, 0.4) is 0 Å². The van der Waals surface area contributed by atoms with Crippen LogP contribution in [0.1, 0.15) is 136 Å². The fraction of sp³-hybridized carbons (Fsp3) is 0.463. The van der Waals surface area contributed by atoms with Gasteiger partial charge in [-0.25, -0.2) is 0 Å². The zero-order valence-electron chi connectivity index (χ0n) is 26.8. The molecule has 0 N–H and O–H groups in total. The van der Waals surface area contributed by atoms with Gasteiger partial charge in [-0.05, 0) is 109 Å². The minimum Gasteiger partial charge on any atom is -0.327 e. The number of hydrogen-bond acceptors (Lipinski definition) is 4. The van der Waals surface area contributed by atoms with E-state index in [9.17, 15) is 0 Å². The summed E-state index contributed by atoms with van der Waals surface area (Å²) in [5.41, 5.74) is 12.1. The normalized spacial score (nSPS) is 21.5. The second kappa shape index (κ2) is 13.0. The average molecular weight is 597 g/mol. The zero-order valence-corrected chi connectivity index (χ0v) is 26.8. The number of benzene rings is 1. The number of pyridine rings is 2. The van der Waals surface area contributed by atoms with Crippen LogP contribution in [-0.2, 0) is 0 Å². The molecule has 3 aliphatic carbocycles. The predicted molar refractivity (Wildman–Crippen MR) is 186 cm³/mol. The Bertz CT molecular complexity index is 1530. The molecule has 3 fully saturated rings. The lowest BCUT2D eigenvalue weighted by Crippen LogP contribution is -2.29. The minimum absolute atomic E-state index is 0.685. The quantitative estimate of drug-likeness (QED) is 0.283. The molecule has 4 nitrogen and oxygen atoms in total. The van der Waals surface area contributed by atoms with Gasteiger partial charge in [-0.1, -0.05) is 82.1 Å². The summed E-state index contributed by atoms with van der Waals surface area (Å²) in [6.45, 7) is 0.857. The first-order valence-corrected chi connectivity index (χ1v) is 18.0. The van der Waals surface area contributed by atoms with Crippen molar-refractivity contribution in [1.82, 2.24) is 14.9 Å². The maximum Gasteiger partial charge on any atom is 0.0996 e. The van der Waals surface area contributed by atoms with E-state index in [0.29, 0.717) is 11.8 Å². The van der Waals surface area contributed by atoms with E-state index in [1.807, 2.05) is 30.6 Å². The van der Waals surface area contributed by atoms with Gasteiger partial charge in [-0.2, -0.15) is 0 Å². The van der Waals surface area contributed by atoms with Crippen molar-refractivity contribution in [2.75, 3.05) is 11.6 Å². The molecule has 0 atom stereocenters. The van der Waals surface area contributed by atoms with E-state index in [1.165, 1.54) is 108 Å². The third-order valence-electron chi connectivity index (χ3n) is 11.3. The van der Waals surface area contributed by atoms with Gasteiger partial charge in [0.05, 0.1) is 29.5 Å². The fourth-order valence-electron chi connectivity index (χ4n) is 8.94. The van der Waals surface area contributed by atoms with E-state index >= 15 is 0 Å². The first-order valence-electron chi connectivity index (χ1n) is 18.0. The Morgan fingerprint density at radius 3 is 1.89 bits per heavy atom. The Labute approximate surface area is 270 Å². The van der Waals surface area contributed by atoms with Crippen LogP contribution in [0.5, 0.6) is 0 Å². The third kappa shape index (κ3) is 5.89. The van der Waals surface area contributed by atoms with Crippen LogP contribution in [0, 0.1) is 0 Å². The number of hydrogen-bond donors (Lipinski definition) is 0. The van der Waals surface area contributed by atoms with Gasteiger partial charge in [0.25, 0.3) is 0 Å². The topological polar surface area (TPSA) is 32.3 Å². The molecule has 3 aromatic rings. The smallest absolute Gasteiger partial charge is 0.0996 e. The average Bonchev–Trinajstić information content (AvgIpc) is 3.57. The van der Waals surface area contributed by atoms with Crippen LogP contribution < -0.4 is 4.90 Å². The molecule has 4 heteroatoms. The maximum atomic E-state index is 4.83. The fourth-order valence-corrected chi connectivity index (χ4v) is 8.94. The Hall–Kier alpha value is -3.66. The number of aromatic nitrogens is 2. The Balaban J connectivity index is 1.16. The molecule has 1 aromatic carbocycles. The van der Waals surface area contributed by atoms with Gasteiger partial charge in [0.2, 0.25) is 0 Å². The lowest BCUT2D eigenvalue weighted by atomic mass is 9.75. The maximum absolute atomic E-state index is 4.83. The van der Waals surface area contributed by atoms with Crippen molar-refractivity contribution < 1.29 is 0 Å². The molecule has 4 heterocycles. The van der Waals surface area contributed by atoms with E-state index in [-0.39, 0.29) is 0 Å². The molecule has 232 valence electrons. The summed E-state index contributed by atoms with van der Waals surface area (Å²) in [4.78, 5) is 14.5. The highest BCUT2D eigenvalue weighted by molar-refractivity contribution is 5.74. The number of fused-ring (bicyclic) bond motifs is 1. The summed E-state index contributed by atoms with van der Waals surface area (Å²) in [5.74, 6) is 2.12. The highest BCUT2D eigenvalue weighted by Crippen LogP contribution is 2.49. The van der Waals surface area contributed by atoms with Crippen molar-refractivity contribution in [3.63, 3.8) is 0 Å². The highest BCUT2D eigenvalue weighted by atomic mass is 15.4. The highest BCUT2D eigenvalue weighted by Gasteiger charge is 2.33. The lowest BCUT2D eigenvalue weighted by molar-refractivity contribution is 0.427. The van der Waals surface area contributed by atoms with E-state index in [0.717, 1.165) is 29.5 Å². The molecule has 0 unspecified atom stereocenters. The molecule has 45 heavy (non-hydrogen) atoms. The molecular weight excluding hydrogens is 548 g/mol. The first-order chi connectivity index (χ1) is 22.3. The van der Waals surface area contributed by atoms with Crippen molar-refractivity contribution >= 4 is 11.4 Å². The summed E-state index contributed by atoms with van der Waals surface area (Å²) in [6, 6.07) is 15.8. The number of anilines is 1. The van der Waals surface area contributed by atoms with Crippen molar-refractivity contribution in [1.29, 1.82) is 0 Å². The van der Waals surface area contributed by atoms with Gasteiger partial charge in [0.1, 0.15) is 0 Å². The Morgan fingerprint density at radius 2 is 1.29 bits per heavy atom. The van der Waals surface area contributed by atoms with Crippen molar-refractivity contribution in [2.45, 2.75) is 114 Å². The summed E-state index contributed by atoms with van der Waals surface area (Å²) >= 11 is 0. The van der Waals surface area contributed by atoms with Gasteiger partial charge < -0.3 is 9.80 Å². The zero-order chi connectivity index (χ0) is 30.0. The van der Waals surface area contributed by atoms with E-state index in [4.69, 9.17) is 4.98 Å². The van der Waals surface area contributed by atoms with Crippen LogP contribution in [0.2, 0.25) is 0 Å². The van der Waals surface area contributed by atoms with E-state index in [1.54, 1.807) is 22.4 Å². The predicted octanol–water partition coefficient (Wildman–Crippen LogP) is 10.8. The molecule has 5 aliphatic rings. The Kier molecular flexibility index (Phi) is 8.31. The molecule has 0 radical (unpaired) electrons. The van der Waals surface area contributed by atoms with E-state index < -0.39 is 0 Å². The molecule has 0 saturated heterocycles. The molecule has 0 amide bonds. The summed E-state index contributed by atoms with van der Waals surface area (Å²) in [7, 11) is 0. The number of rotatable bonds is 6. The van der Waals surface area contributed by atoms with Crippen molar-refractivity contribution in [2.24, 2.45) is 0 Å². The van der Waals surface area contributed by atoms with Gasteiger partial charge in [0, 0.05) is 29.8 Å². The largest absolute Gasteiger partial charge is 0.327 e. The van der Waals surface area contributed by atoms with Crippen LogP contribution in [0.25, 0.3) is 17.1 Å². The second-order valence-corrected chi connectivity index (χ2v) is 14.2. The summed E-state index contributed by atoms with van der Waals surface area (Å²) < 4.78 is 0. The molecule has 2 aromatic heterocycles. The molecule has 3 saturated carbocycles. The van der Waals surface area contributed by atoms with Crippen LogP contribution in [0.4, 0.5) is 5.69 Å². The van der Waals surface area contributed by atoms with E-state index in [2.05, 4.69) is 63.5 Å².